The first kappa shape index (κ1) is 5.92. The molecule has 0 rings (SSSR count). The second kappa shape index (κ2) is 4.92. The Hall–Kier alpha value is -0.0831. The molecule has 0 aliphatic heterocycles. The molecule has 0 aliphatic carbocycles. The smallest absolute Gasteiger partial charge is 0.259 e. The maximum atomic E-state index is 4.72. The van der Waals surface area contributed by atoms with E-state index in [1.54, 1.807) is 7.11 Å². The number of hydrogen-bond acceptors (Lipinski definition) is 1. The van der Waals surface area contributed by atoms with E-state index in [9.17, 15) is 0 Å². The molecule has 0 unspecified atom stereocenters. The molecule has 0 fully saturated rings. The van der Waals surface area contributed by atoms with Gasteiger partial charge in [0.05, 0.1) is 0 Å². The Labute approximate surface area is 41.0 Å². The SMILES string of the molecule is C/C=C/[Si]OC. The van der Waals surface area contributed by atoms with Crippen LogP contribution in [0.2, 0.25) is 0 Å². The molecule has 6 heavy (non-hydrogen) atoms. The monoisotopic (exact) mass is 100 g/mol. The summed E-state index contributed by atoms with van der Waals surface area (Å²) in [5.74, 6) is 0. The molecule has 1 nitrogen and oxygen atoms in total. The van der Waals surface area contributed by atoms with Gasteiger partial charge in [-0.3, -0.25) is 0 Å². The highest BCUT2D eigenvalue weighted by Crippen LogP contribution is 1.64. The third-order valence-corrected chi connectivity index (χ3v) is 1.06. The van der Waals surface area contributed by atoms with E-state index in [4.69, 9.17) is 4.43 Å². The fraction of sp³-hybridized carbons (Fsp3) is 0.500. The van der Waals surface area contributed by atoms with E-state index < -0.39 is 0 Å². The standard InChI is InChI=1S/C4H8OSi/c1-3-4-6-5-2/h3-4H,1-2H3/b4-3+. The van der Waals surface area contributed by atoms with Gasteiger partial charge >= 0.3 is 0 Å². The van der Waals surface area contributed by atoms with Crippen LogP contribution in [0.4, 0.5) is 0 Å². The van der Waals surface area contributed by atoms with Crippen LogP contribution in [0.3, 0.4) is 0 Å². The van der Waals surface area contributed by atoms with E-state index in [-0.39, 0.29) is 0 Å². The van der Waals surface area contributed by atoms with Crippen molar-refractivity contribution in [1.82, 2.24) is 0 Å². The molecule has 0 amide bonds. The van der Waals surface area contributed by atoms with Gasteiger partial charge in [-0.2, -0.15) is 0 Å². The van der Waals surface area contributed by atoms with Crippen LogP contribution in [0.25, 0.3) is 0 Å². The molecule has 0 N–H and O–H groups in total. The summed E-state index contributed by atoms with van der Waals surface area (Å²) in [7, 11) is 2.23. The van der Waals surface area contributed by atoms with Crippen LogP contribution in [0.15, 0.2) is 11.8 Å². The van der Waals surface area contributed by atoms with Crippen LogP contribution in [0.1, 0.15) is 6.92 Å². The molecule has 0 bridgehead atoms. The zero-order valence-corrected chi connectivity index (χ0v) is 5.06. The van der Waals surface area contributed by atoms with E-state index in [2.05, 4.69) is 0 Å². The average Bonchev–Trinajstić information content (AvgIpc) is 1.61. The lowest BCUT2D eigenvalue weighted by Crippen LogP contribution is -1.84. The fourth-order valence-corrected chi connectivity index (χ4v) is 0.408. The van der Waals surface area contributed by atoms with Crippen molar-refractivity contribution in [2.75, 3.05) is 7.11 Å². The molecular formula is C4H8OSi. The highest BCUT2D eigenvalue weighted by Gasteiger charge is 1.68. The van der Waals surface area contributed by atoms with Crippen molar-refractivity contribution in [2.24, 2.45) is 0 Å². The van der Waals surface area contributed by atoms with Crippen molar-refractivity contribution in [1.29, 1.82) is 0 Å². The van der Waals surface area contributed by atoms with Gasteiger partial charge in [-0.1, -0.05) is 11.8 Å². The summed E-state index contributed by atoms with van der Waals surface area (Å²) in [5.41, 5.74) is 1.99. The second-order valence-electron chi connectivity index (χ2n) is 0.822. The van der Waals surface area contributed by atoms with Gasteiger partial charge in [0.1, 0.15) is 0 Å². The van der Waals surface area contributed by atoms with Crippen molar-refractivity contribution in [3.8, 4) is 0 Å². The number of hydrogen-bond donors (Lipinski definition) is 0. The maximum absolute atomic E-state index is 4.72. The molecule has 0 aromatic rings. The Morgan fingerprint density at radius 3 is 2.50 bits per heavy atom. The zero-order chi connectivity index (χ0) is 4.83. The van der Waals surface area contributed by atoms with Crippen molar-refractivity contribution in [2.45, 2.75) is 6.92 Å². The molecule has 0 aliphatic rings. The topological polar surface area (TPSA) is 9.23 Å². The van der Waals surface area contributed by atoms with Gasteiger partial charge in [-0.25, -0.2) is 0 Å². The molecule has 2 heteroatoms. The van der Waals surface area contributed by atoms with Crippen LogP contribution < -0.4 is 0 Å². The third-order valence-electron chi connectivity index (χ3n) is 0.353. The lowest BCUT2D eigenvalue weighted by molar-refractivity contribution is 0.449. The molecule has 0 atom stereocenters. The first-order chi connectivity index (χ1) is 2.91. The van der Waals surface area contributed by atoms with Crippen molar-refractivity contribution in [3.05, 3.63) is 11.8 Å². The van der Waals surface area contributed by atoms with Crippen molar-refractivity contribution >= 4 is 9.76 Å². The maximum Gasteiger partial charge on any atom is 0.259 e. The molecule has 0 aromatic carbocycles. The van der Waals surface area contributed by atoms with Gasteiger partial charge < -0.3 is 4.43 Å². The third kappa shape index (κ3) is 3.92. The minimum absolute atomic E-state index is 0.534. The van der Waals surface area contributed by atoms with Crippen molar-refractivity contribution < 1.29 is 4.43 Å². The first-order valence-corrected chi connectivity index (χ1v) is 2.80. The van der Waals surface area contributed by atoms with Crippen LogP contribution >= 0.6 is 0 Å². The fourth-order valence-electron chi connectivity index (χ4n) is 0.136. The minimum Gasteiger partial charge on any atom is -0.415 e. The van der Waals surface area contributed by atoms with Gasteiger partial charge in [0.25, 0.3) is 9.76 Å². The summed E-state index contributed by atoms with van der Waals surface area (Å²) in [6.45, 7) is 1.98. The Kier molecular flexibility index (Phi) is 4.85. The molecule has 0 saturated carbocycles. The lowest BCUT2D eigenvalue weighted by Gasteiger charge is -1.78. The van der Waals surface area contributed by atoms with Crippen LogP contribution in [0.5, 0.6) is 0 Å². The molecule has 0 spiro atoms. The molecule has 0 heterocycles. The average molecular weight is 100 g/mol. The van der Waals surface area contributed by atoms with E-state index in [0.717, 1.165) is 0 Å². The summed E-state index contributed by atoms with van der Waals surface area (Å²) in [4.78, 5) is 0. The Bertz CT molecular complexity index is 42.8. The summed E-state index contributed by atoms with van der Waals surface area (Å²) in [5, 5.41) is 0. The second-order valence-corrected chi connectivity index (χ2v) is 1.80. The summed E-state index contributed by atoms with van der Waals surface area (Å²) < 4.78 is 4.72. The van der Waals surface area contributed by atoms with Gasteiger partial charge in [-0.05, 0) is 6.92 Å². The highest BCUT2D eigenvalue weighted by molar-refractivity contribution is 6.34. The molecule has 0 saturated heterocycles. The quantitative estimate of drug-likeness (QED) is 0.466. The normalized spacial score (nSPS) is 10.3. The predicted molar refractivity (Wildman–Crippen MR) is 27.6 cm³/mol. The first-order valence-electron chi connectivity index (χ1n) is 1.81. The van der Waals surface area contributed by atoms with E-state index in [1.807, 2.05) is 18.7 Å². The number of allylic oxidation sites excluding steroid dienone is 1. The van der Waals surface area contributed by atoms with Crippen LogP contribution in [-0.4, -0.2) is 16.9 Å². The van der Waals surface area contributed by atoms with Gasteiger partial charge in [0, 0.05) is 7.11 Å². The van der Waals surface area contributed by atoms with E-state index in [0.29, 0.717) is 9.76 Å². The van der Waals surface area contributed by atoms with Gasteiger partial charge in [0.15, 0.2) is 0 Å². The van der Waals surface area contributed by atoms with Gasteiger partial charge in [-0.15, -0.1) is 0 Å². The molecular weight excluding hydrogens is 92.1 g/mol. The Balaban J connectivity index is 2.66. The highest BCUT2D eigenvalue weighted by atomic mass is 28.2. The number of rotatable bonds is 2. The van der Waals surface area contributed by atoms with E-state index >= 15 is 0 Å². The van der Waals surface area contributed by atoms with Crippen molar-refractivity contribution in [3.63, 3.8) is 0 Å². The zero-order valence-electron chi connectivity index (χ0n) is 4.06. The summed E-state index contributed by atoms with van der Waals surface area (Å²) >= 11 is 0. The predicted octanol–water partition coefficient (Wildman–Crippen LogP) is 0.786. The largest absolute Gasteiger partial charge is 0.415 e. The minimum atomic E-state index is 0.534. The summed E-state index contributed by atoms with van der Waals surface area (Å²) in [6.07, 6.45) is 1.97. The summed E-state index contributed by atoms with van der Waals surface area (Å²) in [6, 6.07) is 0. The van der Waals surface area contributed by atoms with Crippen LogP contribution in [-0.2, 0) is 4.43 Å². The van der Waals surface area contributed by atoms with Gasteiger partial charge in [0.2, 0.25) is 0 Å². The molecule has 0 aromatic heterocycles. The van der Waals surface area contributed by atoms with E-state index in [1.165, 1.54) is 0 Å². The Morgan fingerprint density at radius 2 is 2.33 bits per heavy atom. The Morgan fingerprint density at radius 1 is 1.67 bits per heavy atom. The molecule has 34 valence electrons. The molecule has 2 radical (unpaired) electrons. The lowest BCUT2D eigenvalue weighted by atomic mass is 10.8. The van der Waals surface area contributed by atoms with Crippen LogP contribution in [0, 0.1) is 0 Å².